The summed E-state index contributed by atoms with van der Waals surface area (Å²) in [5, 5.41) is 0.300. The maximum absolute atomic E-state index is 12.3. The quantitative estimate of drug-likeness (QED) is 0.448. The molecule has 0 atom stereocenters. The Kier molecular flexibility index (Phi) is 6.97. The van der Waals surface area contributed by atoms with Crippen LogP contribution in [0.1, 0.15) is 16.8 Å². The van der Waals surface area contributed by atoms with Gasteiger partial charge in [-0.1, -0.05) is 41.6 Å². The van der Waals surface area contributed by atoms with E-state index in [0.717, 1.165) is 17.3 Å². The Balaban J connectivity index is 1.94. The summed E-state index contributed by atoms with van der Waals surface area (Å²) in [5.41, 5.74) is 2.15. The number of hydrogen-bond acceptors (Lipinski definition) is 6. The molecule has 8 heteroatoms. The van der Waals surface area contributed by atoms with Crippen molar-refractivity contribution in [2.75, 3.05) is 19.9 Å². The summed E-state index contributed by atoms with van der Waals surface area (Å²) in [5.74, 6) is -0.433. The highest BCUT2D eigenvalue weighted by Gasteiger charge is 2.12. The number of methoxy groups -OCH3 is 1. The van der Waals surface area contributed by atoms with Gasteiger partial charge in [-0.2, -0.15) is 0 Å². The fraction of sp³-hybridized carbons (Fsp3) is 0.333. The van der Waals surface area contributed by atoms with Crippen LogP contribution >= 0.6 is 11.8 Å². The molecule has 7 nitrogen and oxygen atoms in total. The number of rotatable bonds is 7. The molecule has 1 aromatic carbocycles. The van der Waals surface area contributed by atoms with Crippen molar-refractivity contribution in [2.24, 2.45) is 0 Å². The second kappa shape index (κ2) is 9.19. The molecule has 0 aliphatic carbocycles. The highest BCUT2D eigenvalue weighted by atomic mass is 32.2. The number of esters is 1. The van der Waals surface area contributed by atoms with Crippen LogP contribution in [-0.4, -0.2) is 46.7 Å². The molecule has 0 bridgehead atoms. The van der Waals surface area contributed by atoms with Crippen molar-refractivity contribution in [1.82, 2.24) is 14.9 Å². The van der Waals surface area contributed by atoms with Crippen LogP contribution in [0.5, 0.6) is 0 Å². The number of aryl methyl sites for hydroxylation is 1. The van der Waals surface area contributed by atoms with Gasteiger partial charge in [0, 0.05) is 19.7 Å². The average Bonchev–Trinajstić information content (AvgIpc) is 2.61. The standard InChI is InChI=1S/C18H21N3O4S/c1-12-4-6-13(7-5-12)10-21(2)16(23)11-26-18-19-14(8-15(22)20-18)9-17(24)25-3/h4-8H,9-11H2,1-3H3,(H,19,20,22). The minimum absolute atomic E-state index is 0.0865. The van der Waals surface area contributed by atoms with E-state index in [9.17, 15) is 14.4 Å². The van der Waals surface area contributed by atoms with Crippen LogP contribution < -0.4 is 5.56 Å². The van der Waals surface area contributed by atoms with Gasteiger partial charge in [-0.25, -0.2) is 4.98 Å². The van der Waals surface area contributed by atoms with Gasteiger partial charge in [0.15, 0.2) is 5.16 Å². The van der Waals surface area contributed by atoms with Gasteiger partial charge in [-0.15, -0.1) is 0 Å². The number of carbonyl (C=O) groups excluding carboxylic acids is 2. The van der Waals surface area contributed by atoms with Crippen molar-refractivity contribution in [3.8, 4) is 0 Å². The number of amides is 1. The first-order valence-electron chi connectivity index (χ1n) is 7.96. The van der Waals surface area contributed by atoms with E-state index in [1.54, 1.807) is 11.9 Å². The number of nitrogens with zero attached hydrogens (tertiary/aromatic N) is 2. The number of benzene rings is 1. The predicted octanol–water partition coefficient (Wildman–Crippen LogP) is 1.54. The van der Waals surface area contributed by atoms with E-state index in [1.165, 1.54) is 18.7 Å². The van der Waals surface area contributed by atoms with Crippen molar-refractivity contribution < 1.29 is 14.3 Å². The molecule has 1 aromatic heterocycles. The number of hydrogen-bond donors (Lipinski definition) is 1. The molecule has 0 radical (unpaired) electrons. The smallest absolute Gasteiger partial charge is 0.311 e. The van der Waals surface area contributed by atoms with Gasteiger partial charge in [0.25, 0.3) is 5.56 Å². The largest absolute Gasteiger partial charge is 0.469 e. The molecule has 0 fully saturated rings. The topological polar surface area (TPSA) is 92.4 Å². The van der Waals surface area contributed by atoms with Crippen molar-refractivity contribution in [3.05, 3.63) is 57.5 Å². The van der Waals surface area contributed by atoms with E-state index in [0.29, 0.717) is 17.4 Å². The highest BCUT2D eigenvalue weighted by molar-refractivity contribution is 7.99. The van der Waals surface area contributed by atoms with Crippen LogP contribution in [0.4, 0.5) is 0 Å². The first-order valence-corrected chi connectivity index (χ1v) is 8.95. The number of nitrogens with one attached hydrogen (secondary N) is 1. The zero-order valence-corrected chi connectivity index (χ0v) is 15.8. The minimum atomic E-state index is -0.479. The zero-order chi connectivity index (χ0) is 19.1. The molecule has 1 amide bonds. The summed E-state index contributed by atoms with van der Waals surface area (Å²) >= 11 is 1.12. The Morgan fingerprint density at radius 2 is 1.96 bits per heavy atom. The molecule has 0 saturated carbocycles. The Morgan fingerprint density at radius 3 is 2.62 bits per heavy atom. The maximum atomic E-state index is 12.3. The van der Waals surface area contributed by atoms with Crippen LogP contribution in [0, 0.1) is 6.92 Å². The third-order valence-corrected chi connectivity index (χ3v) is 4.48. The summed E-state index contributed by atoms with van der Waals surface area (Å²) in [6, 6.07) is 9.23. The maximum Gasteiger partial charge on any atom is 0.311 e. The molecule has 1 heterocycles. The molecule has 0 aliphatic heterocycles. The third-order valence-electron chi connectivity index (χ3n) is 3.62. The number of aromatic nitrogens is 2. The fourth-order valence-corrected chi connectivity index (χ4v) is 2.99. The van der Waals surface area contributed by atoms with Crippen LogP contribution in [0.15, 0.2) is 40.3 Å². The minimum Gasteiger partial charge on any atom is -0.469 e. The van der Waals surface area contributed by atoms with Crippen LogP contribution in [0.3, 0.4) is 0 Å². The average molecular weight is 375 g/mol. The Labute approximate surface area is 155 Å². The molecule has 0 unspecified atom stereocenters. The summed E-state index contributed by atoms with van der Waals surface area (Å²) < 4.78 is 4.57. The molecule has 0 saturated heterocycles. The summed E-state index contributed by atoms with van der Waals surface area (Å²) in [4.78, 5) is 43.6. The first kappa shape index (κ1) is 19.7. The number of thioether (sulfide) groups is 1. The molecular formula is C18H21N3O4S. The Morgan fingerprint density at radius 1 is 1.27 bits per heavy atom. The van der Waals surface area contributed by atoms with E-state index in [1.807, 2.05) is 31.2 Å². The molecule has 0 spiro atoms. The van der Waals surface area contributed by atoms with Gasteiger partial charge in [0.2, 0.25) is 5.91 Å². The van der Waals surface area contributed by atoms with Crippen LogP contribution in [0.2, 0.25) is 0 Å². The normalized spacial score (nSPS) is 10.4. The van der Waals surface area contributed by atoms with E-state index < -0.39 is 5.97 Å². The van der Waals surface area contributed by atoms with Gasteiger partial charge in [-0.05, 0) is 12.5 Å². The van der Waals surface area contributed by atoms with E-state index >= 15 is 0 Å². The lowest BCUT2D eigenvalue weighted by Crippen LogP contribution is -2.28. The van der Waals surface area contributed by atoms with Crippen molar-refractivity contribution >= 4 is 23.6 Å². The van der Waals surface area contributed by atoms with Crippen molar-refractivity contribution in [3.63, 3.8) is 0 Å². The molecule has 1 N–H and O–H groups in total. The Hall–Kier alpha value is -2.61. The van der Waals surface area contributed by atoms with Gasteiger partial charge in [-0.3, -0.25) is 14.4 Å². The van der Waals surface area contributed by atoms with Gasteiger partial charge in [0.05, 0.1) is 25.0 Å². The molecule has 2 rings (SSSR count). The Bertz CT molecular complexity index is 833. The van der Waals surface area contributed by atoms with E-state index in [-0.39, 0.29) is 23.6 Å². The summed E-state index contributed by atoms with van der Waals surface area (Å²) in [6.07, 6.45) is -0.0880. The highest BCUT2D eigenvalue weighted by Crippen LogP contribution is 2.13. The van der Waals surface area contributed by atoms with Gasteiger partial charge in [0.1, 0.15) is 0 Å². The summed E-state index contributed by atoms with van der Waals surface area (Å²) in [7, 11) is 3.00. The molecule has 138 valence electrons. The third kappa shape index (κ3) is 6.03. The molecular weight excluding hydrogens is 354 g/mol. The van der Waals surface area contributed by atoms with Crippen molar-refractivity contribution in [1.29, 1.82) is 0 Å². The molecule has 26 heavy (non-hydrogen) atoms. The van der Waals surface area contributed by atoms with Gasteiger partial charge >= 0.3 is 5.97 Å². The lowest BCUT2D eigenvalue weighted by atomic mass is 10.1. The van der Waals surface area contributed by atoms with E-state index in [4.69, 9.17) is 0 Å². The van der Waals surface area contributed by atoms with Crippen LogP contribution in [-0.2, 0) is 27.3 Å². The number of aromatic amines is 1. The lowest BCUT2D eigenvalue weighted by Gasteiger charge is -2.17. The summed E-state index contributed by atoms with van der Waals surface area (Å²) in [6.45, 7) is 2.52. The van der Waals surface area contributed by atoms with Crippen molar-refractivity contribution in [2.45, 2.75) is 25.0 Å². The SMILES string of the molecule is COC(=O)Cc1cc(=O)[nH]c(SCC(=O)N(C)Cc2ccc(C)cc2)n1. The monoisotopic (exact) mass is 375 g/mol. The van der Waals surface area contributed by atoms with Crippen LogP contribution in [0.25, 0.3) is 0 Å². The van der Waals surface area contributed by atoms with E-state index in [2.05, 4.69) is 14.7 Å². The zero-order valence-electron chi connectivity index (χ0n) is 14.9. The predicted molar refractivity (Wildman–Crippen MR) is 99.0 cm³/mol. The molecule has 2 aromatic rings. The number of carbonyl (C=O) groups is 2. The second-order valence-corrected chi connectivity index (χ2v) is 6.78. The first-order chi connectivity index (χ1) is 12.4. The second-order valence-electron chi connectivity index (χ2n) is 5.82. The lowest BCUT2D eigenvalue weighted by molar-refractivity contribution is -0.139. The fourth-order valence-electron chi connectivity index (χ4n) is 2.16. The number of ether oxygens (including phenoxy) is 1. The molecule has 0 aliphatic rings. The van der Waals surface area contributed by atoms with Gasteiger partial charge < -0.3 is 14.6 Å². The number of H-pyrrole nitrogens is 1.